The van der Waals surface area contributed by atoms with Crippen molar-refractivity contribution >= 4 is 16.1 Å². The van der Waals surface area contributed by atoms with Crippen molar-refractivity contribution in [2.24, 2.45) is 17.8 Å². The zero-order chi connectivity index (χ0) is 16.1. The molecule has 0 aromatic carbocycles. The highest BCUT2D eigenvalue weighted by Crippen LogP contribution is 2.42. The minimum atomic E-state index is -4.04. The summed E-state index contributed by atoms with van der Waals surface area (Å²) in [5.74, 6) is -0.484. The van der Waals surface area contributed by atoms with Gasteiger partial charge in [0, 0.05) is 0 Å². The van der Waals surface area contributed by atoms with Crippen molar-refractivity contribution in [2.45, 2.75) is 52.7 Å². The molecule has 4 N–H and O–H groups in total. The highest BCUT2D eigenvalue weighted by molar-refractivity contribution is 7.87. The Hall–Kier alpha value is -0.920. The molecule has 21 heavy (non-hydrogen) atoms. The van der Waals surface area contributed by atoms with E-state index in [-0.39, 0.29) is 29.9 Å². The second-order valence-corrected chi connectivity index (χ2v) is 7.34. The number of cyclic esters (lactones) is 1. The molecule has 1 heterocycles. The minimum Gasteiger partial charge on any atom is -0.431 e. The fourth-order valence-corrected chi connectivity index (χ4v) is 4.96. The monoisotopic (exact) mass is 323 g/mol. The Balaban J connectivity index is 0. The zero-order valence-corrected chi connectivity index (χ0v) is 14.6. The molecule has 0 saturated carbocycles. The first-order valence-electron chi connectivity index (χ1n) is 6.85. The van der Waals surface area contributed by atoms with Crippen LogP contribution in [-0.4, -0.2) is 23.7 Å². The molecule has 0 spiro atoms. The number of ether oxygens (including phenoxy) is 1. The molecule has 0 fully saturated rings. The summed E-state index contributed by atoms with van der Waals surface area (Å²) in [7, 11) is -4.04. The van der Waals surface area contributed by atoms with Crippen LogP contribution in [-0.2, 0) is 19.6 Å². The molecule has 0 aromatic heterocycles. The van der Waals surface area contributed by atoms with Crippen molar-refractivity contribution in [2.75, 3.05) is 0 Å². The van der Waals surface area contributed by atoms with Crippen molar-refractivity contribution in [3.63, 3.8) is 0 Å². The van der Waals surface area contributed by atoms with Crippen LogP contribution in [0.25, 0.3) is 0 Å². The summed E-state index contributed by atoms with van der Waals surface area (Å²) >= 11 is 0. The van der Waals surface area contributed by atoms with Crippen LogP contribution in [0.4, 0.5) is 0 Å². The lowest BCUT2D eigenvalue weighted by Gasteiger charge is -2.42. The molecule has 7 heteroatoms. The molecular formula is C14H29NO5S. The number of hydrogen-bond donors (Lipinski definition) is 2. The lowest BCUT2D eigenvalue weighted by atomic mass is 9.74. The van der Waals surface area contributed by atoms with Gasteiger partial charge in [0.2, 0.25) is 0 Å². The predicted molar refractivity (Wildman–Crippen MR) is 83.7 cm³/mol. The molecule has 0 saturated heterocycles. The van der Waals surface area contributed by atoms with E-state index in [9.17, 15) is 17.8 Å². The van der Waals surface area contributed by atoms with Gasteiger partial charge in [-0.15, -0.1) is 0 Å². The van der Waals surface area contributed by atoms with Gasteiger partial charge in [-0.1, -0.05) is 48.0 Å². The molecule has 0 bridgehead atoms. The van der Waals surface area contributed by atoms with E-state index in [1.54, 1.807) is 0 Å². The average molecular weight is 323 g/mol. The van der Waals surface area contributed by atoms with Crippen LogP contribution >= 0.6 is 0 Å². The van der Waals surface area contributed by atoms with Gasteiger partial charge < -0.3 is 10.9 Å². The quantitative estimate of drug-likeness (QED) is 0.593. The van der Waals surface area contributed by atoms with Crippen LogP contribution in [0.5, 0.6) is 0 Å². The third-order valence-electron chi connectivity index (χ3n) is 4.02. The molecule has 1 atom stereocenters. The molecule has 1 rings (SSSR count). The fourth-order valence-electron chi connectivity index (χ4n) is 3.10. The fraction of sp³-hybridized carbons (Fsp3) is 0.786. The molecule has 126 valence electrons. The van der Waals surface area contributed by atoms with Gasteiger partial charge in [0.1, 0.15) is 11.0 Å². The van der Waals surface area contributed by atoms with Crippen LogP contribution in [0.1, 0.15) is 48.0 Å². The van der Waals surface area contributed by atoms with E-state index in [4.69, 9.17) is 0 Å². The summed E-state index contributed by atoms with van der Waals surface area (Å²) in [6.07, 6.45) is 3.46. The first-order chi connectivity index (χ1) is 9.01. The van der Waals surface area contributed by atoms with Gasteiger partial charge >= 0.3 is 5.97 Å². The summed E-state index contributed by atoms with van der Waals surface area (Å²) in [5.41, 5.74) is 0. The third kappa shape index (κ3) is 4.79. The number of carbonyl (C=O) groups excluding carboxylic acids is 1. The maximum Gasteiger partial charge on any atom is 0.338 e. The SMILES string of the molecule is CCC(C)C(C(C)C)(C(C)C)S(=O)(=O)O.N.O=C1C=CO1. The summed E-state index contributed by atoms with van der Waals surface area (Å²) in [6.45, 7) is 11.3. The Morgan fingerprint density at radius 1 is 1.19 bits per heavy atom. The molecule has 0 aliphatic carbocycles. The topological polar surface area (TPSA) is 116 Å². The van der Waals surface area contributed by atoms with E-state index < -0.39 is 14.9 Å². The largest absolute Gasteiger partial charge is 0.431 e. The van der Waals surface area contributed by atoms with Gasteiger partial charge in [-0.2, -0.15) is 8.42 Å². The minimum absolute atomic E-state index is 0. The van der Waals surface area contributed by atoms with Crippen molar-refractivity contribution in [3.05, 3.63) is 12.3 Å². The van der Waals surface area contributed by atoms with Crippen molar-refractivity contribution < 1.29 is 22.5 Å². The van der Waals surface area contributed by atoms with Crippen LogP contribution in [0.2, 0.25) is 0 Å². The van der Waals surface area contributed by atoms with E-state index in [2.05, 4.69) is 4.74 Å². The third-order valence-corrected chi connectivity index (χ3v) is 6.26. The van der Waals surface area contributed by atoms with E-state index in [1.807, 2.05) is 41.5 Å². The van der Waals surface area contributed by atoms with Crippen molar-refractivity contribution in [1.29, 1.82) is 0 Å². The van der Waals surface area contributed by atoms with E-state index in [1.165, 1.54) is 12.3 Å². The second kappa shape index (κ2) is 8.51. The van der Waals surface area contributed by atoms with Gasteiger partial charge in [-0.05, 0) is 17.8 Å². The maximum atomic E-state index is 11.7. The summed E-state index contributed by atoms with van der Waals surface area (Å²) in [5, 5.41) is 0. The number of hydrogen-bond acceptors (Lipinski definition) is 5. The molecule has 1 aliphatic heterocycles. The number of rotatable bonds is 5. The van der Waals surface area contributed by atoms with Crippen LogP contribution in [0, 0.1) is 17.8 Å². The molecule has 1 aliphatic rings. The molecule has 6 nitrogen and oxygen atoms in total. The van der Waals surface area contributed by atoms with Gasteiger partial charge in [0.15, 0.2) is 0 Å². The van der Waals surface area contributed by atoms with Gasteiger partial charge in [-0.25, -0.2) is 4.79 Å². The Morgan fingerprint density at radius 2 is 1.52 bits per heavy atom. The number of esters is 1. The summed E-state index contributed by atoms with van der Waals surface area (Å²) < 4.78 is 36.0. The Morgan fingerprint density at radius 3 is 1.57 bits per heavy atom. The average Bonchev–Trinajstić information content (AvgIpc) is 2.24. The Kier molecular flexibility index (Phi) is 9.06. The normalized spacial score (nSPS) is 15.6. The molecule has 0 aromatic rings. The highest BCUT2D eigenvalue weighted by Gasteiger charge is 2.51. The summed E-state index contributed by atoms with van der Waals surface area (Å²) in [6, 6.07) is 0. The van der Waals surface area contributed by atoms with E-state index >= 15 is 0 Å². The molecule has 1 unspecified atom stereocenters. The lowest BCUT2D eigenvalue weighted by Crippen LogP contribution is -2.53. The van der Waals surface area contributed by atoms with E-state index in [0.29, 0.717) is 0 Å². The Labute approximate surface area is 128 Å². The van der Waals surface area contributed by atoms with Gasteiger partial charge in [-0.3, -0.25) is 4.55 Å². The maximum absolute atomic E-state index is 11.7. The molecule has 0 radical (unpaired) electrons. The van der Waals surface area contributed by atoms with Crippen molar-refractivity contribution in [1.82, 2.24) is 6.15 Å². The van der Waals surface area contributed by atoms with Crippen LogP contribution in [0.3, 0.4) is 0 Å². The standard InChI is InChI=1S/C11H24O3S.C3H2O2.H3N/c1-7-10(6)11(8(2)3,9(4)5)15(12,13)14;4-3-1-2-5-3;/h8-10H,7H2,1-6H3,(H,12,13,14);1-2H;1H3. The van der Waals surface area contributed by atoms with Gasteiger partial charge in [0.05, 0.1) is 6.08 Å². The summed E-state index contributed by atoms with van der Waals surface area (Å²) in [4.78, 5) is 9.59. The highest BCUT2D eigenvalue weighted by atomic mass is 32.2. The Bertz CT molecular complexity index is 446. The first-order valence-corrected chi connectivity index (χ1v) is 8.29. The second-order valence-electron chi connectivity index (χ2n) is 5.69. The van der Waals surface area contributed by atoms with Gasteiger partial charge in [0.25, 0.3) is 10.1 Å². The van der Waals surface area contributed by atoms with Crippen molar-refractivity contribution in [3.8, 4) is 0 Å². The molecule has 0 amide bonds. The lowest BCUT2D eigenvalue weighted by molar-refractivity contribution is -0.136. The first kappa shape index (κ1) is 22.4. The van der Waals surface area contributed by atoms with E-state index in [0.717, 1.165) is 6.42 Å². The van der Waals surface area contributed by atoms with Crippen LogP contribution < -0.4 is 6.15 Å². The smallest absolute Gasteiger partial charge is 0.338 e. The molecular weight excluding hydrogens is 294 g/mol. The zero-order valence-electron chi connectivity index (χ0n) is 13.8. The predicted octanol–water partition coefficient (Wildman–Crippen LogP) is 3.19. The number of carbonyl (C=O) groups is 1. The van der Waals surface area contributed by atoms with Crippen LogP contribution in [0.15, 0.2) is 12.3 Å².